The number of phenolic OH excluding ortho intramolecular Hbond substituents is 1. The number of likely N-dealkylation sites (N-methyl/N-ethyl adjacent to an activating group) is 1. The van der Waals surface area contributed by atoms with Crippen molar-refractivity contribution >= 4 is 23.5 Å². The fourth-order valence-corrected chi connectivity index (χ4v) is 3.32. The predicted molar refractivity (Wildman–Crippen MR) is 81.6 cm³/mol. The van der Waals surface area contributed by atoms with E-state index >= 15 is 0 Å². The summed E-state index contributed by atoms with van der Waals surface area (Å²) in [5, 5.41) is 9.59. The van der Waals surface area contributed by atoms with E-state index < -0.39 is 0 Å². The molecule has 0 saturated carbocycles. The largest absolute Gasteiger partial charge is 0.508 e. The van der Waals surface area contributed by atoms with Crippen molar-refractivity contribution in [2.45, 2.75) is 10.3 Å². The van der Waals surface area contributed by atoms with E-state index in [2.05, 4.69) is 48.4 Å². The lowest BCUT2D eigenvalue weighted by molar-refractivity contribution is 0.475. The lowest BCUT2D eigenvalue weighted by Gasteiger charge is -2.18. The van der Waals surface area contributed by atoms with E-state index in [4.69, 9.17) is 0 Å². The zero-order valence-corrected chi connectivity index (χ0v) is 11.5. The second-order valence-electron chi connectivity index (χ2n) is 4.54. The highest BCUT2D eigenvalue weighted by Gasteiger charge is 2.24. The first-order valence-corrected chi connectivity index (χ1v) is 7.08. The number of rotatable bonds is 2. The van der Waals surface area contributed by atoms with Crippen molar-refractivity contribution in [3.8, 4) is 5.75 Å². The summed E-state index contributed by atoms with van der Waals surface area (Å²) in [5.74, 6) is 0.303. The van der Waals surface area contributed by atoms with Crippen molar-refractivity contribution in [1.82, 2.24) is 0 Å². The lowest BCUT2D eigenvalue weighted by atomic mass is 10.2. The van der Waals surface area contributed by atoms with Crippen LogP contribution in [0.4, 0.5) is 5.69 Å². The number of hydrogen-bond donors (Lipinski definition) is 1. The monoisotopic (exact) mass is 269 g/mol. The minimum Gasteiger partial charge on any atom is -0.508 e. The average Bonchev–Trinajstić information content (AvgIpc) is 2.76. The summed E-state index contributed by atoms with van der Waals surface area (Å²) in [4.78, 5) is 3.60. The van der Waals surface area contributed by atoms with Crippen LogP contribution in [0.5, 0.6) is 5.75 Å². The van der Waals surface area contributed by atoms with Crippen LogP contribution in [-0.4, -0.2) is 17.5 Å². The van der Waals surface area contributed by atoms with Gasteiger partial charge in [-0.1, -0.05) is 48.2 Å². The lowest BCUT2D eigenvalue weighted by Crippen LogP contribution is -2.21. The molecule has 2 aromatic rings. The third kappa shape index (κ3) is 2.47. The molecule has 0 amide bonds. The number of nitrogens with zero attached hydrogens (tertiary/aromatic N) is 1. The SMILES string of the molecule is CN1c2ccccc2SC1/C=C/c1ccc(O)cc1. The van der Waals surface area contributed by atoms with Crippen LogP contribution >= 0.6 is 11.8 Å². The van der Waals surface area contributed by atoms with Gasteiger partial charge in [0.25, 0.3) is 0 Å². The van der Waals surface area contributed by atoms with E-state index in [0.29, 0.717) is 11.1 Å². The maximum atomic E-state index is 9.26. The normalized spacial score (nSPS) is 17.9. The summed E-state index contributed by atoms with van der Waals surface area (Å²) in [6, 6.07) is 15.7. The Morgan fingerprint density at radius 1 is 1.11 bits per heavy atom. The van der Waals surface area contributed by atoms with Crippen molar-refractivity contribution < 1.29 is 5.11 Å². The highest BCUT2D eigenvalue weighted by molar-refractivity contribution is 8.00. The van der Waals surface area contributed by atoms with Crippen molar-refractivity contribution in [2.75, 3.05) is 11.9 Å². The quantitative estimate of drug-likeness (QED) is 0.892. The maximum absolute atomic E-state index is 9.26. The number of phenols is 1. The molecule has 2 nitrogen and oxygen atoms in total. The Bertz CT molecular complexity index is 606. The van der Waals surface area contributed by atoms with Gasteiger partial charge in [-0.2, -0.15) is 0 Å². The molecule has 96 valence electrons. The van der Waals surface area contributed by atoms with Crippen LogP contribution in [0.15, 0.2) is 59.5 Å². The molecule has 0 saturated heterocycles. The molecular formula is C16H15NOS. The number of aromatic hydroxyl groups is 1. The van der Waals surface area contributed by atoms with Crippen molar-refractivity contribution in [3.05, 3.63) is 60.2 Å². The van der Waals surface area contributed by atoms with Crippen LogP contribution in [0.2, 0.25) is 0 Å². The summed E-state index contributed by atoms with van der Waals surface area (Å²) >= 11 is 1.86. The van der Waals surface area contributed by atoms with Crippen LogP contribution in [0, 0.1) is 0 Å². The van der Waals surface area contributed by atoms with Gasteiger partial charge in [0.05, 0.1) is 11.1 Å². The van der Waals surface area contributed by atoms with Gasteiger partial charge in [0.1, 0.15) is 5.75 Å². The van der Waals surface area contributed by atoms with E-state index in [-0.39, 0.29) is 0 Å². The van der Waals surface area contributed by atoms with Gasteiger partial charge in [-0.3, -0.25) is 0 Å². The van der Waals surface area contributed by atoms with E-state index in [9.17, 15) is 5.11 Å². The molecule has 2 aromatic carbocycles. The molecule has 1 atom stereocenters. The highest BCUT2D eigenvalue weighted by Crippen LogP contribution is 2.42. The Morgan fingerprint density at radius 3 is 2.58 bits per heavy atom. The first kappa shape index (κ1) is 12.2. The molecule has 0 spiro atoms. The first-order valence-electron chi connectivity index (χ1n) is 6.20. The number of para-hydroxylation sites is 1. The Balaban J connectivity index is 1.77. The van der Waals surface area contributed by atoms with Gasteiger partial charge < -0.3 is 10.0 Å². The molecule has 0 bridgehead atoms. The predicted octanol–water partition coefficient (Wildman–Crippen LogP) is 3.97. The summed E-state index contributed by atoms with van der Waals surface area (Å²) in [6.07, 6.45) is 4.29. The molecule has 1 aliphatic heterocycles. The molecule has 3 rings (SSSR count). The maximum Gasteiger partial charge on any atom is 0.115 e. The third-order valence-electron chi connectivity index (χ3n) is 3.22. The van der Waals surface area contributed by atoms with Crippen LogP contribution in [0.1, 0.15) is 5.56 Å². The minimum atomic E-state index is 0.303. The van der Waals surface area contributed by atoms with Gasteiger partial charge in [0.2, 0.25) is 0 Å². The summed E-state index contributed by atoms with van der Waals surface area (Å²) in [6.45, 7) is 0. The van der Waals surface area contributed by atoms with Crippen molar-refractivity contribution in [2.24, 2.45) is 0 Å². The third-order valence-corrected chi connectivity index (χ3v) is 4.54. The number of thioether (sulfide) groups is 1. The molecule has 1 unspecified atom stereocenters. The average molecular weight is 269 g/mol. The zero-order chi connectivity index (χ0) is 13.2. The minimum absolute atomic E-state index is 0.303. The molecule has 19 heavy (non-hydrogen) atoms. The Kier molecular flexibility index (Phi) is 3.22. The number of fused-ring (bicyclic) bond motifs is 1. The van der Waals surface area contributed by atoms with E-state index in [1.165, 1.54) is 10.6 Å². The van der Waals surface area contributed by atoms with Gasteiger partial charge in [-0.15, -0.1) is 0 Å². The Labute approximate surface area is 117 Å². The Hall–Kier alpha value is -1.87. The molecule has 0 fully saturated rings. The molecule has 1 N–H and O–H groups in total. The fraction of sp³-hybridized carbons (Fsp3) is 0.125. The first-order chi connectivity index (χ1) is 9.24. The van der Waals surface area contributed by atoms with Crippen molar-refractivity contribution in [3.63, 3.8) is 0 Å². The molecule has 0 aromatic heterocycles. The number of anilines is 1. The van der Waals surface area contributed by atoms with E-state index in [1.54, 1.807) is 12.1 Å². The zero-order valence-electron chi connectivity index (χ0n) is 10.7. The van der Waals surface area contributed by atoms with Gasteiger partial charge in [-0.05, 0) is 29.8 Å². The highest BCUT2D eigenvalue weighted by atomic mass is 32.2. The van der Waals surface area contributed by atoms with Gasteiger partial charge in [0, 0.05) is 11.9 Å². The standard InChI is InChI=1S/C16H15NOS/c1-17-14-4-2-3-5-15(14)19-16(17)11-8-12-6-9-13(18)10-7-12/h2-11,16,18H,1H3/b11-8+. The molecule has 0 aliphatic carbocycles. The second-order valence-corrected chi connectivity index (χ2v) is 5.70. The number of benzene rings is 2. The summed E-state index contributed by atoms with van der Waals surface area (Å²) in [5.41, 5.74) is 2.38. The van der Waals surface area contributed by atoms with Crippen LogP contribution < -0.4 is 4.90 Å². The molecule has 3 heteroatoms. The topological polar surface area (TPSA) is 23.5 Å². The summed E-state index contributed by atoms with van der Waals surface area (Å²) < 4.78 is 0. The fourth-order valence-electron chi connectivity index (χ4n) is 2.14. The summed E-state index contributed by atoms with van der Waals surface area (Å²) in [7, 11) is 2.12. The van der Waals surface area contributed by atoms with E-state index in [1.807, 2.05) is 23.9 Å². The number of hydrogen-bond acceptors (Lipinski definition) is 3. The van der Waals surface area contributed by atoms with Gasteiger partial charge in [-0.25, -0.2) is 0 Å². The smallest absolute Gasteiger partial charge is 0.115 e. The second kappa shape index (κ2) is 5.02. The van der Waals surface area contributed by atoms with Gasteiger partial charge in [0.15, 0.2) is 0 Å². The van der Waals surface area contributed by atoms with Crippen LogP contribution in [-0.2, 0) is 0 Å². The molecule has 1 heterocycles. The van der Waals surface area contributed by atoms with Crippen LogP contribution in [0.3, 0.4) is 0 Å². The van der Waals surface area contributed by atoms with Crippen LogP contribution in [0.25, 0.3) is 6.08 Å². The van der Waals surface area contributed by atoms with E-state index in [0.717, 1.165) is 5.56 Å². The molecule has 0 radical (unpaired) electrons. The molecule has 1 aliphatic rings. The Morgan fingerprint density at radius 2 is 1.84 bits per heavy atom. The van der Waals surface area contributed by atoms with Crippen molar-refractivity contribution in [1.29, 1.82) is 0 Å². The molecular weight excluding hydrogens is 254 g/mol. The van der Waals surface area contributed by atoms with Gasteiger partial charge >= 0.3 is 0 Å².